The Hall–Kier alpha value is -2.15. The van der Waals surface area contributed by atoms with Crippen LogP contribution >= 0.6 is 35.1 Å². The minimum Gasteiger partial charge on any atom is -0.506 e. The third-order valence-corrected chi connectivity index (χ3v) is 5.86. The third-order valence-electron chi connectivity index (χ3n) is 3.84. The van der Waals surface area contributed by atoms with Gasteiger partial charge in [0.15, 0.2) is 0 Å². The lowest BCUT2D eigenvalue weighted by Crippen LogP contribution is -2.12. The number of thioether (sulfide) groups is 2. The Bertz CT molecular complexity index is 964. The van der Waals surface area contributed by atoms with Crippen molar-refractivity contribution in [1.82, 2.24) is 0 Å². The fourth-order valence-electron chi connectivity index (χ4n) is 2.48. The highest BCUT2D eigenvalue weighted by atomic mass is 35.5. The van der Waals surface area contributed by atoms with Gasteiger partial charge in [-0.25, -0.2) is 9.79 Å². The number of hydrogen-bond acceptors (Lipinski definition) is 6. The Kier molecular flexibility index (Phi) is 6.88. The lowest BCUT2D eigenvalue weighted by Gasteiger charge is -2.03. The zero-order valence-electron chi connectivity index (χ0n) is 15.3. The summed E-state index contributed by atoms with van der Waals surface area (Å²) >= 11 is 8.81. The number of carbonyl (C=O) groups excluding carboxylic acids is 1. The molecular formula is C21H18ClNO3S2. The van der Waals surface area contributed by atoms with Crippen LogP contribution in [-0.4, -0.2) is 29.0 Å². The monoisotopic (exact) mass is 431 g/mol. The van der Waals surface area contributed by atoms with Crippen LogP contribution in [0.1, 0.15) is 12.5 Å². The molecule has 4 nitrogen and oxygen atoms in total. The highest BCUT2D eigenvalue weighted by molar-refractivity contribution is 8.18. The van der Waals surface area contributed by atoms with Crippen LogP contribution in [-0.2, 0) is 9.53 Å². The average molecular weight is 432 g/mol. The number of aliphatic hydroxyl groups excluding tert-OH is 1. The number of benzene rings is 2. The van der Waals surface area contributed by atoms with Crippen LogP contribution in [0, 0.1) is 0 Å². The fraction of sp³-hybridized carbons (Fsp3) is 0.143. The molecule has 1 N–H and O–H groups in total. The molecule has 1 aliphatic rings. The van der Waals surface area contributed by atoms with Gasteiger partial charge in [0.05, 0.1) is 17.2 Å². The van der Waals surface area contributed by atoms with Crippen molar-refractivity contribution >= 4 is 57.9 Å². The summed E-state index contributed by atoms with van der Waals surface area (Å²) in [5.41, 5.74) is 1.63. The Balaban J connectivity index is 2.00. The van der Waals surface area contributed by atoms with Crippen molar-refractivity contribution in [1.29, 1.82) is 0 Å². The second kappa shape index (κ2) is 9.37. The molecule has 3 rings (SSSR count). The second-order valence-corrected chi connectivity index (χ2v) is 8.07. The average Bonchev–Trinajstić information content (AvgIpc) is 2.99. The second-order valence-electron chi connectivity index (χ2n) is 5.72. The molecule has 0 saturated heterocycles. The van der Waals surface area contributed by atoms with Gasteiger partial charge in [-0.05, 0) is 61.2 Å². The molecule has 0 aliphatic carbocycles. The quantitative estimate of drug-likeness (QED) is 0.447. The van der Waals surface area contributed by atoms with Crippen molar-refractivity contribution in [3.8, 4) is 0 Å². The number of hydrogen-bond donors (Lipinski definition) is 1. The lowest BCUT2D eigenvalue weighted by atomic mass is 10.1. The number of ether oxygens (including phenoxy) is 1. The molecule has 144 valence electrons. The maximum Gasteiger partial charge on any atom is 0.344 e. The number of halogens is 1. The van der Waals surface area contributed by atoms with Crippen LogP contribution < -0.4 is 0 Å². The van der Waals surface area contributed by atoms with E-state index in [-0.39, 0.29) is 17.9 Å². The SMILES string of the molecule is CCOC(=O)C1=C(O)/C(=C/c2ccc(SC)cc2)SC1=Nc1ccc(Cl)cc1. The topological polar surface area (TPSA) is 58.9 Å². The van der Waals surface area contributed by atoms with Crippen molar-refractivity contribution < 1.29 is 14.6 Å². The number of nitrogens with zero attached hydrogens (tertiary/aromatic N) is 1. The van der Waals surface area contributed by atoms with Gasteiger partial charge in [-0.15, -0.1) is 11.8 Å². The van der Waals surface area contributed by atoms with Crippen molar-refractivity contribution in [3.05, 3.63) is 75.4 Å². The van der Waals surface area contributed by atoms with Crippen molar-refractivity contribution in [2.75, 3.05) is 12.9 Å². The summed E-state index contributed by atoms with van der Waals surface area (Å²) < 4.78 is 5.11. The first-order valence-corrected chi connectivity index (χ1v) is 10.9. The van der Waals surface area contributed by atoms with Crippen molar-refractivity contribution in [3.63, 3.8) is 0 Å². The molecule has 1 heterocycles. The number of rotatable bonds is 5. The highest BCUT2D eigenvalue weighted by Gasteiger charge is 2.33. The molecule has 1 aliphatic heterocycles. The van der Waals surface area contributed by atoms with E-state index in [0.29, 0.717) is 20.7 Å². The zero-order valence-corrected chi connectivity index (χ0v) is 17.7. The molecule has 0 bridgehead atoms. The van der Waals surface area contributed by atoms with E-state index >= 15 is 0 Å². The largest absolute Gasteiger partial charge is 0.506 e. The van der Waals surface area contributed by atoms with Gasteiger partial charge in [0.1, 0.15) is 16.4 Å². The Morgan fingerprint density at radius 3 is 2.50 bits per heavy atom. The van der Waals surface area contributed by atoms with Crippen LogP contribution in [0.5, 0.6) is 0 Å². The number of aliphatic imine (C=N–C) groups is 1. The van der Waals surface area contributed by atoms with E-state index in [0.717, 1.165) is 10.5 Å². The molecule has 0 atom stereocenters. The first-order chi connectivity index (χ1) is 13.5. The number of carbonyl (C=O) groups is 1. The summed E-state index contributed by atoms with van der Waals surface area (Å²) in [6.07, 6.45) is 3.84. The summed E-state index contributed by atoms with van der Waals surface area (Å²) in [7, 11) is 0. The lowest BCUT2D eigenvalue weighted by molar-refractivity contribution is -0.138. The molecule has 0 unspecified atom stereocenters. The molecule has 0 saturated carbocycles. The van der Waals surface area contributed by atoms with E-state index in [4.69, 9.17) is 16.3 Å². The van der Waals surface area contributed by atoms with Gasteiger partial charge in [0.2, 0.25) is 0 Å². The molecule has 0 spiro atoms. The standard InChI is InChI=1S/C21H18ClNO3S2/c1-3-26-21(25)18-19(24)17(12-13-4-10-16(27-2)11-5-13)28-20(18)23-15-8-6-14(22)7-9-15/h4-12,24H,3H2,1-2H3/b17-12-,23-20?. The van der Waals surface area contributed by atoms with Crippen LogP contribution in [0.4, 0.5) is 5.69 Å². The van der Waals surface area contributed by atoms with Gasteiger partial charge < -0.3 is 9.84 Å². The highest BCUT2D eigenvalue weighted by Crippen LogP contribution is 2.40. The minimum atomic E-state index is -0.596. The summed E-state index contributed by atoms with van der Waals surface area (Å²) in [5.74, 6) is -0.716. The minimum absolute atomic E-state index is 0.0776. The summed E-state index contributed by atoms with van der Waals surface area (Å²) in [6, 6.07) is 14.9. The van der Waals surface area contributed by atoms with E-state index < -0.39 is 5.97 Å². The summed E-state index contributed by atoms with van der Waals surface area (Å²) in [4.78, 5) is 18.6. The van der Waals surface area contributed by atoms with E-state index in [1.807, 2.05) is 36.6 Å². The molecular weight excluding hydrogens is 414 g/mol. The predicted octanol–water partition coefficient (Wildman–Crippen LogP) is 6.26. The van der Waals surface area contributed by atoms with E-state index in [2.05, 4.69) is 4.99 Å². The number of esters is 1. The maximum absolute atomic E-state index is 12.4. The van der Waals surface area contributed by atoms with Gasteiger partial charge in [-0.3, -0.25) is 0 Å². The van der Waals surface area contributed by atoms with Gasteiger partial charge in [-0.1, -0.05) is 35.5 Å². The van der Waals surface area contributed by atoms with Crippen LogP contribution in [0.15, 0.2) is 74.7 Å². The van der Waals surface area contributed by atoms with E-state index in [9.17, 15) is 9.90 Å². The summed E-state index contributed by atoms with van der Waals surface area (Å²) in [5, 5.41) is 11.7. The number of aliphatic hydroxyl groups is 1. The Morgan fingerprint density at radius 1 is 1.21 bits per heavy atom. The van der Waals surface area contributed by atoms with E-state index in [1.54, 1.807) is 43.0 Å². The zero-order chi connectivity index (χ0) is 20.1. The first-order valence-electron chi connectivity index (χ1n) is 8.50. The van der Waals surface area contributed by atoms with Crippen LogP contribution in [0.3, 0.4) is 0 Å². The van der Waals surface area contributed by atoms with Gasteiger partial charge in [0, 0.05) is 9.92 Å². The Labute approximate surface area is 177 Å². The predicted molar refractivity (Wildman–Crippen MR) is 119 cm³/mol. The smallest absolute Gasteiger partial charge is 0.344 e. The maximum atomic E-state index is 12.4. The van der Waals surface area contributed by atoms with Gasteiger partial charge >= 0.3 is 5.97 Å². The van der Waals surface area contributed by atoms with Gasteiger partial charge in [0.25, 0.3) is 0 Å². The van der Waals surface area contributed by atoms with Crippen molar-refractivity contribution in [2.45, 2.75) is 11.8 Å². The molecule has 7 heteroatoms. The fourth-order valence-corrected chi connectivity index (χ4v) is 4.05. The summed E-state index contributed by atoms with van der Waals surface area (Å²) in [6.45, 7) is 1.93. The van der Waals surface area contributed by atoms with Crippen molar-refractivity contribution in [2.24, 2.45) is 4.99 Å². The Morgan fingerprint density at radius 2 is 1.89 bits per heavy atom. The molecule has 0 aromatic heterocycles. The van der Waals surface area contributed by atoms with Crippen LogP contribution in [0.2, 0.25) is 5.02 Å². The van der Waals surface area contributed by atoms with Crippen LogP contribution in [0.25, 0.3) is 6.08 Å². The molecule has 28 heavy (non-hydrogen) atoms. The molecule has 2 aromatic rings. The molecule has 0 amide bonds. The normalized spacial score (nSPS) is 16.8. The van der Waals surface area contributed by atoms with Gasteiger partial charge in [-0.2, -0.15) is 0 Å². The molecule has 2 aromatic carbocycles. The first kappa shape index (κ1) is 20.6. The third kappa shape index (κ3) is 4.82. The van der Waals surface area contributed by atoms with E-state index in [1.165, 1.54) is 11.8 Å². The molecule has 0 fully saturated rings. The molecule has 0 radical (unpaired) electrons.